The van der Waals surface area contributed by atoms with E-state index in [0.29, 0.717) is 18.3 Å². The average Bonchev–Trinajstić information content (AvgIpc) is 2.12. The molecule has 4 fully saturated rings. The summed E-state index contributed by atoms with van der Waals surface area (Å²) in [4.78, 5) is 23.0. The quantitative estimate of drug-likeness (QED) is 0.564. The summed E-state index contributed by atoms with van der Waals surface area (Å²) in [7, 11) is 0. The first-order valence-electron chi connectivity index (χ1n) is 6.33. The van der Waals surface area contributed by atoms with Crippen LogP contribution in [0.1, 0.15) is 45.4 Å². The van der Waals surface area contributed by atoms with Crippen LogP contribution in [0.25, 0.3) is 0 Å². The molecule has 0 aromatic heterocycles. The van der Waals surface area contributed by atoms with E-state index in [4.69, 9.17) is 16.3 Å². The van der Waals surface area contributed by atoms with E-state index in [9.17, 15) is 9.59 Å². The van der Waals surface area contributed by atoms with Crippen LogP contribution < -0.4 is 0 Å². The van der Waals surface area contributed by atoms with Crippen LogP contribution in [0.3, 0.4) is 0 Å². The van der Waals surface area contributed by atoms with Crippen LogP contribution in [0.2, 0.25) is 0 Å². The number of esters is 1. The van der Waals surface area contributed by atoms with Crippen molar-refractivity contribution in [1.82, 2.24) is 0 Å². The molecule has 2 unspecified atom stereocenters. The highest BCUT2D eigenvalue weighted by molar-refractivity contribution is 6.64. The minimum atomic E-state index is -0.402. The molecule has 0 heterocycles. The molecule has 4 atom stereocenters. The van der Waals surface area contributed by atoms with E-state index in [1.165, 1.54) is 13.3 Å². The molecule has 17 heavy (non-hydrogen) atoms. The fraction of sp³-hybridized carbons (Fsp3) is 0.846. The van der Waals surface area contributed by atoms with Gasteiger partial charge in [0.05, 0.1) is 0 Å². The Morgan fingerprint density at radius 3 is 2.24 bits per heavy atom. The molecule has 0 aliphatic heterocycles. The minimum absolute atomic E-state index is 0.219. The lowest BCUT2D eigenvalue weighted by Gasteiger charge is -2.59. The topological polar surface area (TPSA) is 43.4 Å². The molecule has 4 heteroatoms. The van der Waals surface area contributed by atoms with E-state index >= 15 is 0 Å². The van der Waals surface area contributed by atoms with Crippen LogP contribution in [0.5, 0.6) is 0 Å². The third kappa shape index (κ3) is 1.70. The fourth-order valence-electron chi connectivity index (χ4n) is 4.83. The van der Waals surface area contributed by atoms with E-state index in [1.807, 2.05) is 0 Å². The Bertz CT molecular complexity index is 376. The van der Waals surface area contributed by atoms with Crippen molar-refractivity contribution in [3.8, 4) is 0 Å². The van der Waals surface area contributed by atoms with Crippen LogP contribution >= 0.6 is 11.6 Å². The number of ether oxygens (including phenoxy) is 1. The second-order valence-electron chi connectivity index (χ2n) is 6.29. The van der Waals surface area contributed by atoms with Crippen molar-refractivity contribution >= 4 is 22.8 Å². The molecule has 0 aromatic carbocycles. The molecular formula is C13H17ClO3. The molecule has 4 saturated carbocycles. The highest BCUT2D eigenvalue weighted by Gasteiger charge is 2.61. The first kappa shape index (κ1) is 11.5. The fourth-order valence-corrected chi connectivity index (χ4v) is 5.05. The van der Waals surface area contributed by atoms with Crippen LogP contribution in [0, 0.1) is 17.3 Å². The van der Waals surface area contributed by atoms with Gasteiger partial charge in [0.25, 0.3) is 0 Å². The average molecular weight is 257 g/mol. The number of hydrogen-bond acceptors (Lipinski definition) is 3. The second kappa shape index (κ2) is 3.47. The zero-order valence-corrected chi connectivity index (χ0v) is 10.8. The van der Waals surface area contributed by atoms with Gasteiger partial charge in [0.1, 0.15) is 5.60 Å². The molecule has 94 valence electrons. The van der Waals surface area contributed by atoms with E-state index in [-0.39, 0.29) is 16.8 Å². The van der Waals surface area contributed by atoms with Gasteiger partial charge in [0.2, 0.25) is 5.24 Å². The molecule has 0 N–H and O–H groups in total. The first-order valence-corrected chi connectivity index (χ1v) is 6.70. The summed E-state index contributed by atoms with van der Waals surface area (Å²) in [6.45, 7) is 1.45. The van der Waals surface area contributed by atoms with Crippen molar-refractivity contribution in [2.45, 2.75) is 51.0 Å². The highest BCUT2D eigenvalue weighted by Crippen LogP contribution is 2.63. The normalized spacial score (nSPS) is 46.9. The molecule has 4 aliphatic rings. The molecule has 4 rings (SSSR count). The largest absolute Gasteiger partial charge is 0.459 e. The van der Waals surface area contributed by atoms with Crippen LogP contribution in [0.15, 0.2) is 0 Å². The Labute approximate surface area is 106 Å². The SMILES string of the molecule is CC(=O)OC12C[C@H]3C[C@@H](C1)CC(C(=O)Cl)(C3)C2. The van der Waals surface area contributed by atoms with Gasteiger partial charge in [0.15, 0.2) is 0 Å². The molecule has 0 spiro atoms. The summed E-state index contributed by atoms with van der Waals surface area (Å²) in [5.41, 5.74) is -0.790. The molecular weight excluding hydrogens is 240 g/mol. The first-order chi connectivity index (χ1) is 7.93. The van der Waals surface area contributed by atoms with E-state index < -0.39 is 5.41 Å². The zero-order valence-electron chi connectivity index (χ0n) is 10.0. The smallest absolute Gasteiger partial charge is 0.303 e. The van der Waals surface area contributed by atoms with Crippen molar-refractivity contribution in [2.24, 2.45) is 17.3 Å². The van der Waals surface area contributed by atoms with Gasteiger partial charge in [-0.3, -0.25) is 9.59 Å². The van der Waals surface area contributed by atoms with Gasteiger partial charge in [-0.1, -0.05) is 0 Å². The monoisotopic (exact) mass is 256 g/mol. The van der Waals surface area contributed by atoms with Gasteiger partial charge in [-0.05, 0) is 55.5 Å². The highest BCUT2D eigenvalue weighted by atomic mass is 35.5. The second-order valence-corrected chi connectivity index (χ2v) is 6.64. The van der Waals surface area contributed by atoms with Crippen LogP contribution in [0.4, 0.5) is 0 Å². The number of hydrogen-bond donors (Lipinski definition) is 0. The number of rotatable bonds is 2. The van der Waals surface area contributed by atoms with Crippen LogP contribution in [-0.2, 0) is 14.3 Å². The van der Waals surface area contributed by atoms with Gasteiger partial charge in [-0.15, -0.1) is 0 Å². The lowest BCUT2D eigenvalue weighted by Crippen LogP contribution is -2.58. The summed E-state index contributed by atoms with van der Waals surface area (Å²) in [6.07, 6.45) is 5.47. The van der Waals surface area contributed by atoms with Crippen molar-refractivity contribution < 1.29 is 14.3 Å². The maximum atomic E-state index is 11.8. The summed E-state index contributed by atoms with van der Waals surface area (Å²) < 4.78 is 5.58. The predicted molar refractivity (Wildman–Crippen MR) is 62.5 cm³/mol. The molecule has 4 bridgehead atoms. The third-order valence-electron chi connectivity index (χ3n) is 4.78. The Morgan fingerprint density at radius 2 is 1.76 bits per heavy atom. The molecule has 0 saturated heterocycles. The van der Waals surface area contributed by atoms with Crippen molar-refractivity contribution in [2.75, 3.05) is 0 Å². The molecule has 0 radical (unpaired) electrons. The van der Waals surface area contributed by atoms with Gasteiger partial charge < -0.3 is 4.74 Å². The number of halogens is 1. The lowest BCUT2D eigenvalue weighted by atomic mass is 9.48. The van der Waals surface area contributed by atoms with Crippen molar-refractivity contribution in [3.63, 3.8) is 0 Å². The Hall–Kier alpha value is -0.570. The van der Waals surface area contributed by atoms with Gasteiger partial charge in [-0.2, -0.15) is 0 Å². The predicted octanol–water partition coefficient (Wildman–Crippen LogP) is 2.65. The van der Waals surface area contributed by atoms with Gasteiger partial charge in [0, 0.05) is 18.8 Å². The summed E-state index contributed by atoms with van der Waals surface area (Å²) in [6, 6.07) is 0. The van der Waals surface area contributed by atoms with E-state index in [2.05, 4.69) is 0 Å². The summed E-state index contributed by atoms with van der Waals surface area (Å²) in [5, 5.41) is -0.219. The Kier molecular flexibility index (Phi) is 2.35. The number of carbonyl (C=O) groups is 2. The Balaban J connectivity index is 1.94. The zero-order chi connectivity index (χ0) is 12.3. The van der Waals surface area contributed by atoms with Crippen LogP contribution in [-0.4, -0.2) is 16.8 Å². The Morgan fingerprint density at radius 1 is 1.18 bits per heavy atom. The maximum absolute atomic E-state index is 11.8. The van der Waals surface area contributed by atoms with Crippen molar-refractivity contribution in [1.29, 1.82) is 0 Å². The minimum Gasteiger partial charge on any atom is -0.459 e. The molecule has 3 nitrogen and oxygen atoms in total. The molecule has 0 amide bonds. The van der Waals surface area contributed by atoms with Crippen molar-refractivity contribution in [3.05, 3.63) is 0 Å². The van der Waals surface area contributed by atoms with E-state index in [0.717, 1.165) is 25.7 Å². The third-order valence-corrected chi connectivity index (χ3v) is 5.19. The van der Waals surface area contributed by atoms with Gasteiger partial charge >= 0.3 is 5.97 Å². The lowest BCUT2D eigenvalue weighted by molar-refractivity contribution is -0.199. The maximum Gasteiger partial charge on any atom is 0.303 e. The number of carbonyl (C=O) groups excluding carboxylic acids is 2. The van der Waals surface area contributed by atoms with E-state index in [1.54, 1.807) is 0 Å². The summed E-state index contributed by atoms with van der Waals surface area (Å²) >= 11 is 5.82. The molecule has 4 aliphatic carbocycles. The standard InChI is InChI=1S/C13H17ClO3/c1-8(15)17-13-5-9-2-10(6-13)4-12(3-9,7-13)11(14)16/h9-10H,2-7H2,1H3/t9-,10+,12?,13?. The molecule has 0 aromatic rings. The summed E-state index contributed by atoms with van der Waals surface area (Å²) in [5.74, 6) is 0.792. The van der Waals surface area contributed by atoms with Gasteiger partial charge in [-0.25, -0.2) is 0 Å².